The Bertz CT molecular complexity index is 495. The molecule has 0 aliphatic carbocycles. The van der Waals surface area contributed by atoms with Crippen molar-refractivity contribution in [3.63, 3.8) is 0 Å². The van der Waals surface area contributed by atoms with Gasteiger partial charge in [0.1, 0.15) is 0 Å². The molecule has 4 nitrogen and oxygen atoms in total. The van der Waals surface area contributed by atoms with Gasteiger partial charge in [-0.2, -0.15) is 0 Å². The highest BCUT2D eigenvalue weighted by atomic mass is 16.4. The number of hydrogen-bond acceptors (Lipinski definition) is 4. The summed E-state index contributed by atoms with van der Waals surface area (Å²) in [5, 5.41) is 11.6. The van der Waals surface area contributed by atoms with Crippen LogP contribution in [0.1, 0.15) is 50.1 Å². The van der Waals surface area contributed by atoms with Crippen molar-refractivity contribution >= 4 is 0 Å². The highest BCUT2D eigenvalue weighted by Crippen LogP contribution is 2.16. The monoisotopic (exact) mass is 273 g/mol. The molecule has 1 N–H and O–H groups in total. The molecule has 0 aliphatic heterocycles. The van der Waals surface area contributed by atoms with E-state index in [9.17, 15) is 0 Å². The number of aryl methyl sites for hydroxylation is 2. The van der Waals surface area contributed by atoms with Crippen molar-refractivity contribution in [1.82, 2.24) is 15.5 Å². The first-order valence-corrected chi connectivity index (χ1v) is 7.43. The molecule has 0 saturated carbocycles. The van der Waals surface area contributed by atoms with Gasteiger partial charge in [0, 0.05) is 6.42 Å². The zero-order valence-corrected chi connectivity index (χ0v) is 12.3. The SMILES string of the molecule is CCNC(CC)c1nnc(CCCc2ccccc2)o1. The molecule has 0 saturated heterocycles. The molecule has 0 fully saturated rings. The first-order valence-electron chi connectivity index (χ1n) is 7.43. The summed E-state index contributed by atoms with van der Waals surface area (Å²) >= 11 is 0. The van der Waals surface area contributed by atoms with Gasteiger partial charge >= 0.3 is 0 Å². The van der Waals surface area contributed by atoms with Crippen LogP contribution in [0.2, 0.25) is 0 Å². The predicted octanol–water partition coefficient (Wildman–Crippen LogP) is 3.31. The minimum Gasteiger partial charge on any atom is -0.424 e. The van der Waals surface area contributed by atoms with Gasteiger partial charge in [0.25, 0.3) is 0 Å². The van der Waals surface area contributed by atoms with E-state index in [-0.39, 0.29) is 6.04 Å². The molecule has 0 aliphatic rings. The largest absolute Gasteiger partial charge is 0.424 e. The van der Waals surface area contributed by atoms with Crippen LogP contribution in [0.25, 0.3) is 0 Å². The standard InChI is InChI=1S/C16H23N3O/c1-3-14(17-4-2)16-19-18-15(20-16)12-8-11-13-9-6-5-7-10-13/h5-7,9-10,14,17H,3-4,8,11-12H2,1-2H3. The highest BCUT2D eigenvalue weighted by Gasteiger charge is 2.15. The lowest BCUT2D eigenvalue weighted by Crippen LogP contribution is -2.20. The molecule has 0 amide bonds. The van der Waals surface area contributed by atoms with E-state index in [1.54, 1.807) is 0 Å². The number of hydrogen-bond donors (Lipinski definition) is 1. The lowest BCUT2D eigenvalue weighted by molar-refractivity contribution is 0.375. The molecule has 1 aromatic carbocycles. The Hall–Kier alpha value is -1.68. The molecule has 1 aromatic heterocycles. The Morgan fingerprint density at radius 3 is 2.60 bits per heavy atom. The van der Waals surface area contributed by atoms with Crippen molar-refractivity contribution in [1.29, 1.82) is 0 Å². The summed E-state index contributed by atoms with van der Waals surface area (Å²) in [5.74, 6) is 1.45. The first-order chi connectivity index (χ1) is 9.83. The van der Waals surface area contributed by atoms with Crippen LogP contribution in [0.15, 0.2) is 34.7 Å². The van der Waals surface area contributed by atoms with E-state index >= 15 is 0 Å². The van der Waals surface area contributed by atoms with Gasteiger partial charge in [0.15, 0.2) is 0 Å². The van der Waals surface area contributed by atoms with Crippen molar-refractivity contribution in [2.45, 2.75) is 45.6 Å². The Balaban J connectivity index is 1.83. The van der Waals surface area contributed by atoms with E-state index in [1.165, 1.54) is 5.56 Å². The lowest BCUT2D eigenvalue weighted by Gasteiger charge is -2.10. The molecule has 0 radical (unpaired) electrons. The third-order valence-electron chi connectivity index (χ3n) is 3.34. The Labute approximate surface area is 120 Å². The third kappa shape index (κ3) is 4.17. The maximum Gasteiger partial charge on any atom is 0.233 e. The summed E-state index contributed by atoms with van der Waals surface area (Å²) in [4.78, 5) is 0. The van der Waals surface area contributed by atoms with Crippen LogP contribution in [-0.2, 0) is 12.8 Å². The second-order valence-corrected chi connectivity index (χ2v) is 4.89. The predicted molar refractivity (Wildman–Crippen MR) is 79.5 cm³/mol. The number of nitrogens with zero attached hydrogens (tertiary/aromatic N) is 2. The molecule has 1 heterocycles. The summed E-state index contributed by atoms with van der Waals surface area (Å²) in [7, 11) is 0. The van der Waals surface area contributed by atoms with Gasteiger partial charge in [-0.3, -0.25) is 0 Å². The van der Waals surface area contributed by atoms with Crippen LogP contribution < -0.4 is 5.32 Å². The van der Waals surface area contributed by atoms with Crippen molar-refractivity contribution in [2.24, 2.45) is 0 Å². The fraction of sp³-hybridized carbons (Fsp3) is 0.500. The van der Waals surface area contributed by atoms with Crippen LogP contribution in [0.3, 0.4) is 0 Å². The van der Waals surface area contributed by atoms with E-state index in [2.05, 4.69) is 53.6 Å². The zero-order chi connectivity index (χ0) is 14.2. The van der Waals surface area contributed by atoms with E-state index < -0.39 is 0 Å². The maximum absolute atomic E-state index is 5.74. The van der Waals surface area contributed by atoms with Gasteiger partial charge in [-0.05, 0) is 31.4 Å². The summed E-state index contributed by atoms with van der Waals surface area (Å²) in [6.07, 6.45) is 3.87. The third-order valence-corrected chi connectivity index (χ3v) is 3.34. The fourth-order valence-corrected chi connectivity index (χ4v) is 2.25. The molecule has 1 unspecified atom stereocenters. The molecular formula is C16H23N3O. The Morgan fingerprint density at radius 1 is 1.10 bits per heavy atom. The average molecular weight is 273 g/mol. The minimum absolute atomic E-state index is 0.176. The van der Waals surface area contributed by atoms with Gasteiger partial charge in [0.2, 0.25) is 11.8 Å². The van der Waals surface area contributed by atoms with Gasteiger partial charge in [0.05, 0.1) is 6.04 Å². The number of rotatable bonds is 8. The number of nitrogens with one attached hydrogen (secondary N) is 1. The average Bonchev–Trinajstić information content (AvgIpc) is 2.94. The van der Waals surface area contributed by atoms with Crippen LogP contribution >= 0.6 is 0 Å². The molecule has 2 rings (SSSR count). The van der Waals surface area contributed by atoms with E-state index in [4.69, 9.17) is 4.42 Å². The summed E-state index contributed by atoms with van der Waals surface area (Å²) in [6.45, 7) is 5.11. The van der Waals surface area contributed by atoms with Crippen LogP contribution in [0, 0.1) is 0 Å². The maximum atomic E-state index is 5.74. The zero-order valence-electron chi connectivity index (χ0n) is 12.3. The number of aromatic nitrogens is 2. The molecule has 2 aromatic rings. The van der Waals surface area contributed by atoms with Crippen LogP contribution in [0.4, 0.5) is 0 Å². The summed E-state index contributed by atoms with van der Waals surface area (Å²) < 4.78 is 5.74. The second kappa shape index (κ2) is 7.80. The molecule has 0 bridgehead atoms. The van der Waals surface area contributed by atoms with E-state index in [0.29, 0.717) is 5.89 Å². The van der Waals surface area contributed by atoms with E-state index in [0.717, 1.165) is 38.1 Å². The smallest absolute Gasteiger partial charge is 0.233 e. The van der Waals surface area contributed by atoms with Crippen LogP contribution in [0.5, 0.6) is 0 Å². The van der Waals surface area contributed by atoms with Crippen molar-refractivity contribution in [2.75, 3.05) is 6.54 Å². The number of benzene rings is 1. The normalized spacial score (nSPS) is 12.5. The van der Waals surface area contributed by atoms with E-state index in [1.807, 2.05) is 6.07 Å². The van der Waals surface area contributed by atoms with Gasteiger partial charge in [-0.15, -0.1) is 10.2 Å². The summed E-state index contributed by atoms with van der Waals surface area (Å²) in [5.41, 5.74) is 1.35. The highest BCUT2D eigenvalue weighted by molar-refractivity contribution is 5.14. The lowest BCUT2D eigenvalue weighted by atomic mass is 10.1. The molecular weight excluding hydrogens is 250 g/mol. The van der Waals surface area contributed by atoms with Gasteiger partial charge < -0.3 is 9.73 Å². The molecule has 1 atom stereocenters. The molecule has 108 valence electrons. The first kappa shape index (κ1) is 14.7. The molecule has 20 heavy (non-hydrogen) atoms. The van der Waals surface area contributed by atoms with Crippen molar-refractivity contribution in [3.05, 3.63) is 47.7 Å². The summed E-state index contributed by atoms with van der Waals surface area (Å²) in [6, 6.07) is 10.7. The van der Waals surface area contributed by atoms with Crippen molar-refractivity contribution < 1.29 is 4.42 Å². The topological polar surface area (TPSA) is 51.0 Å². The van der Waals surface area contributed by atoms with Gasteiger partial charge in [-0.1, -0.05) is 44.2 Å². The fourth-order valence-electron chi connectivity index (χ4n) is 2.25. The van der Waals surface area contributed by atoms with Crippen LogP contribution in [-0.4, -0.2) is 16.7 Å². The minimum atomic E-state index is 0.176. The molecule has 0 spiro atoms. The second-order valence-electron chi connectivity index (χ2n) is 4.89. The van der Waals surface area contributed by atoms with Crippen molar-refractivity contribution in [3.8, 4) is 0 Å². The molecule has 4 heteroatoms. The Kier molecular flexibility index (Phi) is 5.74. The quantitative estimate of drug-likeness (QED) is 0.801. The Morgan fingerprint density at radius 2 is 1.90 bits per heavy atom. The van der Waals surface area contributed by atoms with Gasteiger partial charge in [-0.25, -0.2) is 0 Å².